The average molecular weight is 230 g/mol. The van der Waals surface area contributed by atoms with Crippen molar-refractivity contribution in [3.63, 3.8) is 0 Å². The first-order valence-electron chi connectivity index (χ1n) is 6.21. The van der Waals surface area contributed by atoms with Crippen molar-refractivity contribution in [2.45, 2.75) is 31.8 Å². The zero-order valence-corrected chi connectivity index (χ0v) is 9.89. The summed E-state index contributed by atoms with van der Waals surface area (Å²) in [6.45, 7) is 0.813. The van der Waals surface area contributed by atoms with Crippen molar-refractivity contribution < 1.29 is 5.11 Å². The van der Waals surface area contributed by atoms with Crippen LogP contribution in [-0.2, 0) is 0 Å². The Bertz CT molecular complexity index is 394. The average Bonchev–Trinajstić information content (AvgIpc) is 2.38. The minimum atomic E-state index is -0.158. The number of hydrogen-bond donors (Lipinski definition) is 2. The van der Waals surface area contributed by atoms with Crippen LogP contribution < -0.4 is 5.32 Å². The third-order valence-electron chi connectivity index (χ3n) is 3.45. The number of aliphatic hydroxyl groups excluding tert-OH is 1. The number of hydrogen-bond acceptors (Lipinski definition) is 3. The highest BCUT2D eigenvalue weighted by Crippen LogP contribution is 2.24. The van der Waals surface area contributed by atoms with Crippen LogP contribution in [0, 0.1) is 17.2 Å². The highest BCUT2D eigenvalue weighted by atomic mass is 16.3. The molecule has 1 saturated carbocycles. The summed E-state index contributed by atoms with van der Waals surface area (Å²) in [5.74, 6) is 0.361. The van der Waals surface area contributed by atoms with E-state index < -0.39 is 0 Å². The third-order valence-corrected chi connectivity index (χ3v) is 3.45. The molecule has 2 N–H and O–H groups in total. The SMILES string of the molecule is N#Cc1ccc(NCC2CCCCC2O)cc1. The molecule has 2 unspecified atom stereocenters. The summed E-state index contributed by atoms with van der Waals surface area (Å²) < 4.78 is 0. The fraction of sp³-hybridized carbons (Fsp3) is 0.500. The third kappa shape index (κ3) is 3.21. The Hall–Kier alpha value is -1.53. The molecule has 0 bridgehead atoms. The predicted molar refractivity (Wildman–Crippen MR) is 67.6 cm³/mol. The summed E-state index contributed by atoms with van der Waals surface area (Å²) in [6, 6.07) is 9.53. The van der Waals surface area contributed by atoms with Crippen molar-refractivity contribution in [3.05, 3.63) is 29.8 Å². The molecule has 2 atom stereocenters. The maximum Gasteiger partial charge on any atom is 0.0991 e. The van der Waals surface area contributed by atoms with E-state index in [9.17, 15) is 5.11 Å². The predicted octanol–water partition coefficient (Wildman–Crippen LogP) is 2.52. The minimum Gasteiger partial charge on any atom is -0.393 e. The molecule has 0 saturated heterocycles. The molecule has 0 aromatic heterocycles. The second-order valence-electron chi connectivity index (χ2n) is 4.68. The van der Waals surface area contributed by atoms with Crippen LogP contribution in [0.2, 0.25) is 0 Å². The molecule has 2 rings (SSSR count). The van der Waals surface area contributed by atoms with Gasteiger partial charge in [-0.2, -0.15) is 5.26 Å². The lowest BCUT2D eigenvalue weighted by atomic mass is 9.86. The molecule has 3 heteroatoms. The van der Waals surface area contributed by atoms with Gasteiger partial charge in [0.15, 0.2) is 0 Å². The molecule has 1 aliphatic carbocycles. The molecular formula is C14H18N2O. The van der Waals surface area contributed by atoms with Crippen LogP contribution >= 0.6 is 0 Å². The molecule has 0 radical (unpaired) electrons. The van der Waals surface area contributed by atoms with Crippen molar-refractivity contribution >= 4 is 5.69 Å². The summed E-state index contributed by atoms with van der Waals surface area (Å²) in [7, 11) is 0. The summed E-state index contributed by atoms with van der Waals surface area (Å²) in [6.07, 6.45) is 4.24. The summed E-state index contributed by atoms with van der Waals surface area (Å²) in [5, 5.41) is 21.9. The zero-order valence-electron chi connectivity index (χ0n) is 9.89. The van der Waals surface area contributed by atoms with Gasteiger partial charge in [-0.05, 0) is 37.1 Å². The number of aliphatic hydroxyl groups is 1. The molecule has 0 amide bonds. The molecule has 1 aromatic rings. The maximum absolute atomic E-state index is 9.85. The van der Waals surface area contributed by atoms with E-state index >= 15 is 0 Å². The highest BCUT2D eigenvalue weighted by Gasteiger charge is 2.22. The smallest absolute Gasteiger partial charge is 0.0991 e. The number of nitriles is 1. The molecule has 0 heterocycles. The lowest BCUT2D eigenvalue weighted by Crippen LogP contribution is -2.30. The van der Waals surface area contributed by atoms with Gasteiger partial charge in [0.25, 0.3) is 0 Å². The Morgan fingerprint density at radius 2 is 1.94 bits per heavy atom. The van der Waals surface area contributed by atoms with Crippen molar-refractivity contribution in [1.29, 1.82) is 5.26 Å². The fourth-order valence-corrected chi connectivity index (χ4v) is 2.34. The van der Waals surface area contributed by atoms with E-state index in [2.05, 4.69) is 11.4 Å². The van der Waals surface area contributed by atoms with Crippen LogP contribution in [0.1, 0.15) is 31.2 Å². The Kier molecular flexibility index (Phi) is 4.00. The van der Waals surface area contributed by atoms with E-state index in [1.165, 1.54) is 6.42 Å². The van der Waals surface area contributed by atoms with E-state index in [0.29, 0.717) is 11.5 Å². The monoisotopic (exact) mass is 230 g/mol. The van der Waals surface area contributed by atoms with Crippen LogP contribution in [0.25, 0.3) is 0 Å². The topological polar surface area (TPSA) is 56.0 Å². The van der Waals surface area contributed by atoms with Gasteiger partial charge in [0.2, 0.25) is 0 Å². The van der Waals surface area contributed by atoms with E-state index in [-0.39, 0.29) is 6.10 Å². The molecule has 1 aromatic carbocycles. The van der Waals surface area contributed by atoms with Gasteiger partial charge < -0.3 is 10.4 Å². The highest BCUT2D eigenvalue weighted by molar-refractivity contribution is 5.47. The summed E-state index contributed by atoms with van der Waals surface area (Å²) in [5.41, 5.74) is 1.69. The standard InChI is InChI=1S/C14H18N2O/c15-9-11-5-7-13(8-6-11)16-10-12-3-1-2-4-14(12)17/h5-8,12,14,16-17H,1-4,10H2. The summed E-state index contributed by atoms with van der Waals surface area (Å²) >= 11 is 0. The van der Waals surface area contributed by atoms with Gasteiger partial charge in [-0.15, -0.1) is 0 Å². The van der Waals surface area contributed by atoms with Gasteiger partial charge in [-0.3, -0.25) is 0 Å². The zero-order chi connectivity index (χ0) is 12.1. The van der Waals surface area contributed by atoms with Gasteiger partial charge in [-0.25, -0.2) is 0 Å². The summed E-state index contributed by atoms with van der Waals surface area (Å²) in [4.78, 5) is 0. The number of rotatable bonds is 3. The first-order chi connectivity index (χ1) is 8.29. The van der Waals surface area contributed by atoms with Crippen LogP contribution in [0.15, 0.2) is 24.3 Å². The van der Waals surface area contributed by atoms with Crippen LogP contribution in [0.3, 0.4) is 0 Å². The van der Waals surface area contributed by atoms with E-state index in [1.54, 1.807) is 12.1 Å². The Morgan fingerprint density at radius 1 is 1.24 bits per heavy atom. The number of nitrogens with zero attached hydrogens (tertiary/aromatic N) is 1. The van der Waals surface area contributed by atoms with Crippen LogP contribution in [0.4, 0.5) is 5.69 Å². The molecule has 1 aliphatic rings. The van der Waals surface area contributed by atoms with Crippen LogP contribution in [0.5, 0.6) is 0 Å². The van der Waals surface area contributed by atoms with Gasteiger partial charge in [0.1, 0.15) is 0 Å². The molecule has 17 heavy (non-hydrogen) atoms. The molecule has 1 fully saturated rings. The Morgan fingerprint density at radius 3 is 2.59 bits per heavy atom. The first-order valence-corrected chi connectivity index (χ1v) is 6.21. The first kappa shape index (κ1) is 11.9. The molecular weight excluding hydrogens is 212 g/mol. The molecule has 0 spiro atoms. The van der Waals surface area contributed by atoms with E-state index in [4.69, 9.17) is 5.26 Å². The fourth-order valence-electron chi connectivity index (χ4n) is 2.34. The van der Waals surface area contributed by atoms with Gasteiger partial charge in [0.05, 0.1) is 17.7 Å². The Balaban J connectivity index is 1.86. The quantitative estimate of drug-likeness (QED) is 0.839. The second-order valence-corrected chi connectivity index (χ2v) is 4.68. The lowest BCUT2D eigenvalue weighted by molar-refractivity contribution is 0.0763. The van der Waals surface area contributed by atoms with Crippen molar-refractivity contribution in [2.24, 2.45) is 5.92 Å². The number of nitrogens with one attached hydrogen (secondary N) is 1. The maximum atomic E-state index is 9.85. The van der Waals surface area contributed by atoms with Crippen molar-refractivity contribution in [1.82, 2.24) is 0 Å². The van der Waals surface area contributed by atoms with Crippen molar-refractivity contribution in [3.8, 4) is 6.07 Å². The Labute approximate surface area is 102 Å². The van der Waals surface area contributed by atoms with Gasteiger partial charge >= 0.3 is 0 Å². The van der Waals surface area contributed by atoms with E-state index in [0.717, 1.165) is 31.5 Å². The minimum absolute atomic E-state index is 0.158. The number of benzene rings is 1. The van der Waals surface area contributed by atoms with Gasteiger partial charge in [-0.1, -0.05) is 12.8 Å². The van der Waals surface area contributed by atoms with E-state index in [1.807, 2.05) is 12.1 Å². The molecule has 3 nitrogen and oxygen atoms in total. The van der Waals surface area contributed by atoms with Crippen molar-refractivity contribution in [2.75, 3.05) is 11.9 Å². The largest absolute Gasteiger partial charge is 0.393 e. The second kappa shape index (κ2) is 5.70. The van der Waals surface area contributed by atoms with Crippen LogP contribution in [-0.4, -0.2) is 17.8 Å². The normalized spacial score (nSPS) is 24.0. The van der Waals surface area contributed by atoms with Gasteiger partial charge in [0, 0.05) is 18.2 Å². The molecule has 0 aliphatic heterocycles. The number of anilines is 1. The lowest BCUT2D eigenvalue weighted by Gasteiger charge is -2.27. The molecule has 90 valence electrons.